The topological polar surface area (TPSA) is 71.6 Å². The lowest BCUT2D eigenvalue weighted by molar-refractivity contribution is -0.116. The highest BCUT2D eigenvalue weighted by Gasteiger charge is 2.13. The lowest BCUT2D eigenvalue weighted by Crippen LogP contribution is -2.45. The molecule has 3 N–H and O–H groups in total. The van der Waals surface area contributed by atoms with Crippen molar-refractivity contribution >= 4 is 45.2 Å². The van der Waals surface area contributed by atoms with Crippen molar-refractivity contribution in [2.75, 3.05) is 6.79 Å². The number of ether oxygens (including phenoxy) is 2. The number of aryl methyl sites for hydroxylation is 1. The summed E-state index contributed by atoms with van der Waals surface area (Å²) in [7, 11) is 0. The molecule has 1 aliphatic rings. The van der Waals surface area contributed by atoms with Crippen LogP contribution in [0.3, 0.4) is 0 Å². The Morgan fingerprint density at radius 3 is 2.81 bits per heavy atom. The van der Waals surface area contributed by atoms with E-state index < -0.39 is 0 Å². The highest BCUT2D eigenvalue weighted by Crippen LogP contribution is 2.32. The van der Waals surface area contributed by atoms with Crippen molar-refractivity contribution in [3.8, 4) is 11.5 Å². The number of hydrazine groups is 1. The highest BCUT2D eigenvalue weighted by molar-refractivity contribution is 9.10. The molecule has 0 saturated heterocycles. The summed E-state index contributed by atoms with van der Waals surface area (Å²) < 4.78 is 11.5. The lowest BCUT2D eigenvalue weighted by atomic mass is 10.1. The summed E-state index contributed by atoms with van der Waals surface area (Å²) in [6.07, 6.45) is 3.16. The molecular formula is C19H18BrN3O3S. The molecule has 27 heavy (non-hydrogen) atoms. The Kier molecular flexibility index (Phi) is 6.31. The summed E-state index contributed by atoms with van der Waals surface area (Å²) in [6.45, 7) is 2.74. The predicted molar refractivity (Wildman–Crippen MR) is 111 cm³/mol. The van der Waals surface area contributed by atoms with Gasteiger partial charge in [0.25, 0.3) is 5.91 Å². The molecule has 0 saturated carbocycles. The summed E-state index contributed by atoms with van der Waals surface area (Å²) in [6, 6.07) is 11.6. The number of thiocarbonyl (C=S) groups is 1. The molecule has 3 rings (SSSR count). The summed E-state index contributed by atoms with van der Waals surface area (Å²) in [5, 5.41) is 3.32. The van der Waals surface area contributed by atoms with Gasteiger partial charge in [0, 0.05) is 17.1 Å². The Morgan fingerprint density at radius 1 is 1.19 bits per heavy atom. The number of nitrogens with one attached hydrogen (secondary N) is 3. The van der Waals surface area contributed by atoms with Crippen LogP contribution >= 0.6 is 28.1 Å². The molecule has 0 spiro atoms. The standard InChI is InChI=1S/C19H18BrN3O3S/c1-12-2-4-14(15(20)8-12)5-7-18(24)22-23-19(27)21-10-13-3-6-16-17(9-13)26-11-25-16/h2-9H,10-11H2,1H3,(H,22,24)(H2,21,23,27)/b7-5+. The fourth-order valence-electron chi connectivity index (χ4n) is 2.37. The number of halogens is 1. The number of hydrogen-bond donors (Lipinski definition) is 3. The number of carbonyl (C=O) groups excluding carboxylic acids is 1. The van der Waals surface area contributed by atoms with Crippen LogP contribution in [0.5, 0.6) is 11.5 Å². The van der Waals surface area contributed by atoms with Crippen molar-refractivity contribution in [3.05, 3.63) is 63.6 Å². The molecule has 0 radical (unpaired) electrons. The summed E-state index contributed by atoms with van der Waals surface area (Å²) in [4.78, 5) is 11.9. The minimum Gasteiger partial charge on any atom is -0.454 e. The van der Waals surface area contributed by atoms with Crippen LogP contribution in [-0.2, 0) is 11.3 Å². The van der Waals surface area contributed by atoms with Crippen molar-refractivity contribution in [3.63, 3.8) is 0 Å². The van der Waals surface area contributed by atoms with Crippen LogP contribution in [0.4, 0.5) is 0 Å². The first-order chi connectivity index (χ1) is 13.0. The third kappa shape index (κ3) is 5.45. The minimum absolute atomic E-state index is 0.241. The maximum absolute atomic E-state index is 11.9. The third-order valence-corrected chi connectivity index (χ3v) is 4.69. The Morgan fingerprint density at radius 2 is 2.00 bits per heavy atom. The van der Waals surface area contributed by atoms with Gasteiger partial charge < -0.3 is 14.8 Å². The number of benzene rings is 2. The molecular weight excluding hydrogens is 430 g/mol. The number of amides is 1. The maximum Gasteiger partial charge on any atom is 0.262 e. The fraction of sp³-hybridized carbons (Fsp3) is 0.158. The van der Waals surface area contributed by atoms with Gasteiger partial charge in [0.2, 0.25) is 6.79 Å². The first kappa shape index (κ1) is 19.2. The van der Waals surface area contributed by atoms with E-state index in [4.69, 9.17) is 21.7 Å². The smallest absolute Gasteiger partial charge is 0.262 e. The zero-order valence-electron chi connectivity index (χ0n) is 14.5. The zero-order valence-corrected chi connectivity index (χ0v) is 16.9. The molecule has 0 fully saturated rings. The monoisotopic (exact) mass is 447 g/mol. The molecule has 6 nitrogen and oxygen atoms in total. The zero-order chi connectivity index (χ0) is 19.2. The van der Waals surface area contributed by atoms with Gasteiger partial charge in [-0.15, -0.1) is 0 Å². The van der Waals surface area contributed by atoms with Crippen molar-refractivity contribution < 1.29 is 14.3 Å². The van der Waals surface area contributed by atoms with Crippen LogP contribution in [-0.4, -0.2) is 17.8 Å². The summed E-state index contributed by atoms with van der Waals surface area (Å²) >= 11 is 8.63. The van der Waals surface area contributed by atoms with Crippen LogP contribution in [0.15, 0.2) is 46.9 Å². The van der Waals surface area contributed by atoms with Crippen LogP contribution in [0.2, 0.25) is 0 Å². The molecule has 2 aromatic rings. The molecule has 0 unspecified atom stereocenters. The van der Waals surface area contributed by atoms with Crippen LogP contribution in [0, 0.1) is 6.92 Å². The van der Waals surface area contributed by atoms with Crippen molar-refractivity contribution in [1.29, 1.82) is 0 Å². The van der Waals surface area contributed by atoms with Crippen LogP contribution < -0.4 is 25.6 Å². The van der Waals surface area contributed by atoms with Gasteiger partial charge >= 0.3 is 0 Å². The first-order valence-corrected chi connectivity index (χ1v) is 9.38. The molecule has 0 aliphatic carbocycles. The Labute approximate surface area is 171 Å². The van der Waals surface area contributed by atoms with E-state index in [0.29, 0.717) is 17.4 Å². The van der Waals surface area contributed by atoms with E-state index in [9.17, 15) is 4.79 Å². The lowest BCUT2D eigenvalue weighted by Gasteiger charge is -2.11. The van der Waals surface area contributed by atoms with E-state index >= 15 is 0 Å². The Hall–Kier alpha value is -2.58. The van der Waals surface area contributed by atoms with Gasteiger partial charge in [-0.05, 0) is 60.1 Å². The van der Waals surface area contributed by atoms with Gasteiger partial charge in [0.1, 0.15) is 0 Å². The largest absolute Gasteiger partial charge is 0.454 e. The minimum atomic E-state index is -0.310. The van der Waals surface area contributed by atoms with E-state index in [2.05, 4.69) is 32.1 Å². The van der Waals surface area contributed by atoms with Crippen LogP contribution in [0.25, 0.3) is 6.08 Å². The molecule has 1 aliphatic heterocycles. The van der Waals surface area contributed by atoms with E-state index in [1.165, 1.54) is 6.08 Å². The van der Waals surface area contributed by atoms with Crippen molar-refractivity contribution in [2.45, 2.75) is 13.5 Å². The quantitative estimate of drug-likeness (QED) is 0.379. The van der Waals surface area contributed by atoms with Gasteiger partial charge in [-0.25, -0.2) is 0 Å². The summed E-state index contributed by atoms with van der Waals surface area (Å²) in [5.41, 5.74) is 8.23. The number of hydrogen-bond acceptors (Lipinski definition) is 4. The second kappa shape index (κ2) is 8.88. The predicted octanol–water partition coefficient (Wildman–Crippen LogP) is 3.19. The number of carbonyl (C=O) groups is 1. The molecule has 0 bridgehead atoms. The molecule has 1 amide bonds. The maximum atomic E-state index is 11.9. The first-order valence-electron chi connectivity index (χ1n) is 8.18. The van der Waals surface area contributed by atoms with Crippen molar-refractivity contribution in [1.82, 2.24) is 16.2 Å². The molecule has 0 aromatic heterocycles. The molecule has 8 heteroatoms. The average molecular weight is 448 g/mol. The average Bonchev–Trinajstić information content (AvgIpc) is 3.11. The van der Waals surface area contributed by atoms with Gasteiger partial charge in [-0.2, -0.15) is 0 Å². The van der Waals surface area contributed by atoms with Gasteiger partial charge in [-0.3, -0.25) is 15.6 Å². The normalized spacial score (nSPS) is 12.1. The number of fused-ring (bicyclic) bond motifs is 1. The van der Waals surface area contributed by atoms with Gasteiger partial charge in [0.15, 0.2) is 16.6 Å². The molecule has 2 aromatic carbocycles. The fourth-order valence-corrected chi connectivity index (χ4v) is 3.12. The second-order valence-electron chi connectivity index (χ2n) is 5.84. The van der Waals surface area contributed by atoms with Gasteiger partial charge in [-0.1, -0.05) is 34.1 Å². The SMILES string of the molecule is Cc1ccc(/C=C/C(=O)NNC(=S)NCc2ccc3c(c2)OCO3)c(Br)c1. The summed E-state index contributed by atoms with van der Waals surface area (Å²) in [5.74, 6) is 1.14. The van der Waals surface area contributed by atoms with Crippen molar-refractivity contribution in [2.24, 2.45) is 0 Å². The molecule has 140 valence electrons. The Balaban J connectivity index is 1.43. The van der Waals surface area contributed by atoms with E-state index in [1.807, 2.05) is 43.3 Å². The van der Waals surface area contributed by atoms with Gasteiger partial charge in [0.05, 0.1) is 0 Å². The Bertz CT molecular complexity index is 902. The second-order valence-corrected chi connectivity index (χ2v) is 7.11. The number of rotatable bonds is 4. The molecule has 0 atom stereocenters. The highest BCUT2D eigenvalue weighted by atomic mass is 79.9. The van der Waals surface area contributed by atoms with E-state index in [0.717, 1.165) is 26.9 Å². The van der Waals surface area contributed by atoms with E-state index in [1.54, 1.807) is 6.08 Å². The third-order valence-electron chi connectivity index (χ3n) is 3.76. The van der Waals surface area contributed by atoms with E-state index in [-0.39, 0.29) is 12.7 Å². The van der Waals surface area contributed by atoms with Crippen LogP contribution in [0.1, 0.15) is 16.7 Å². The molecule has 1 heterocycles.